The van der Waals surface area contributed by atoms with Gasteiger partial charge in [0.15, 0.2) is 0 Å². The molecule has 4 nitrogen and oxygen atoms in total. The summed E-state index contributed by atoms with van der Waals surface area (Å²) in [6.07, 6.45) is 3.84. The van der Waals surface area contributed by atoms with E-state index in [4.69, 9.17) is 0 Å². The predicted octanol–water partition coefficient (Wildman–Crippen LogP) is 2.69. The fourth-order valence-electron chi connectivity index (χ4n) is 1.73. The monoisotopic (exact) mass is 293 g/mol. The molecule has 106 valence electrons. The van der Waals surface area contributed by atoms with Crippen LogP contribution in [0.4, 0.5) is 4.39 Å². The number of nitrogens with zero attached hydrogens (tertiary/aromatic N) is 2. The summed E-state index contributed by atoms with van der Waals surface area (Å²) in [5, 5.41) is 6.55. The summed E-state index contributed by atoms with van der Waals surface area (Å²) in [6.45, 7) is 0.527. The predicted molar refractivity (Wildman–Crippen MR) is 76.8 cm³/mol. The SMILES string of the molecule is CN(Cc1cn[nH]c1)C(=O)CCSc1ccccc1F. The molecule has 0 saturated heterocycles. The van der Waals surface area contributed by atoms with Gasteiger partial charge < -0.3 is 4.90 Å². The van der Waals surface area contributed by atoms with E-state index in [-0.39, 0.29) is 11.7 Å². The first-order chi connectivity index (χ1) is 9.66. The quantitative estimate of drug-likeness (QED) is 0.833. The maximum absolute atomic E-state index is 13.4. The summed E-state index contributed by atoms with van der Waals surface area (Å²) in [5.74, 6) is 0.363. The molecule has 0 aliphatic rings. The second-order valence-electron chi connectivity index (χ2n) is 4.39. The number of benzene rings is 1. The number of thioether (sulfide) groups is 1. The molecular formula is C14H16FN3OS. The van der Waals surface area contributed by atoms with Crippen LogP contribution in [0, 0.1) is 5.82 Å². The van der Waals surface area contributed by atoms with Gasteiger partial charge in [0.25, 0.3) is 0 Å². The molecular weight excluding hydrogens is 277 g/mol. The normalized spacial score (nSPS) is 10.5. The van der Waals surface area contributed by atoms with Gasteiger partial charge in [0.1, 0.15) is 5.82 Å². The zero-order valence-corrected chi connectivity index (χ0v) is 12.0. The highest BCUT2D eigenvalue weighted by Crippen LogP contribution is 2.22. The van der Waals surface area contributed by atoms with Gasteiger partial charge in [0.05, 0.1) is 6.20 Å². The minimum absolute atomic E-state index is 0.0371. The number of hydrogen-bond acceptors (Lipinski definition) is 3. The topological polar surface area (TPSA) is 49.0 Å². The second kappa shape index (κ2) is 7.09. The maximum atomic E-state index is 13.4. The second-order valence-corrected chi connectivity index (χ2v) is 5.52. The van der Waals surface area contributed by atoms with Crippen LogP contribution in [-0.4, -0.2) is 33.8 Å². The number of carbonyl (C=O) groups is 1. The summed E-state index contributed by atoms with van der Waals surface area (Å²) in [6, 6.07) is 6.59. The number of carbonyl (C=O) groups excluding carboxylic acids is 1. The summed E-state index contributed by atoms with van der Waals surface area (Å²) in [7, 11) is 1.75. The van der Waals surface area contributed by atoms with E-state index >= 15 is 0 Å². The van der Waals surface area contributed by atoms with Gasteiger partial charge in [-0.2, -0.15) is 5.10 Å². The standard InChI is InChI=1S/C14H16FN3OS/c1-18(10-11-8-16-17-9-11)14(19)6-7-20-13-5-3-2-4-12(13)15/h2-5,8-9H,6-7,10H2,1H3,(H,16,17). The lowest BCUT2D eigenvalue weighted by molar-refractivity contribution is -0.129. The fourth-order valence-corrected chi connectivity index (χ4v) is 2.60. The van der Waals surface area contributed by atoms with Gasteiger partial charge in [0, 0.05) is 42.4 Å². The highest BCUT2D eigenvalue weighted by atomic mass is 32.2. The average molecular weight is 293 g/mol. The minimum atomic E-state index is -0.239. The molecule has 0 atom stereocenters. The minimum Gasteiger partial charge on any atom is -0.341 e. The van der Waals surface area contributed by atoms with Crippen molar-refractivity contribution in [1.82, 2.24) is 15.1 Å². The van der Waals surface area contributed by atoms with Crippen LogP contribution in [-0.2, 0) is 11.3 Å². The molecule has 2 aromatic rings. The molecule has 1 amide bonds. The van der Waals surface area contributed by atoms with Crippen molar-refractivity contribution in [1.29, 1.82) is 0 Å². The largest absolute Gasteiger partial charge is 0.341 e. The number of nitrogens with one attached hydrogen (secondary N) is 1. The van der Waals surface area contributed by atoms with Crippen LogP contribution in [0.5, 0.6) is 0 Å². The first-order valence-electron chi connectivity index (χ1n) is 6.26. The van der Waals surface area contributed by atoms with Gasteiger partial charge in [-0.3, -0.25) is 9.89 Å². The third-order valence-corrected chi connectivity index (χ3v) is 3.86. The maximum Gasteiger partial charge on any atom is 0.223 e. The van der Waals surface area contributed by atoms with E-state index in [1.807, 2.05) is 0 Å². The first kappa shape index (κ1) is 14.6. The van der Waals surface area contributed by atoms with E-state index in [1.165, 1.54) is 17.8 Å². The molecule has 0 bridgehead atoms. The van der Waals surface area contributed by atoms with Crippen molar-refractivity contribution in [3.05, 3.63) is 48.0 Å². The van der Waals surface area contributed by atoms with Crippen LogP contribution >= 0.6 is 11.8 Å². The third-order valence-electron chi connectivity index (χ3n) is 2.81. The number of H-pyrrole nitrogens is 1. The molecule has 0 saturated carbocycles. The molecule has 1 aromatic heterocycles. The average Bonchev–Trinajstić information content (AvgIpc) is 2.93. The highest BCUT2D eigenvalue weighted by Gasteiger charge is 2.10. The van der Waals surface area contributed by atoms with Crippen molar-refractivity contribution < 1.29 is 9.18 Å². The Kier molecular flexibility index (Phi) is 5.17. The Balaban J connectivity index is 1.76. The zero-order valence-electron chi connectivity index (χ0n) is 11.2. The van der Waals surface area contributed by atoms with E-state index in [1.54, 1.807) is 42.5 Å². The number of aromatic nitrogens is 2. The summed E-state index contributed by atoms with van der Waals surface area (Å²) in [4.78, 5) is 14.2. The Labute approximate surface area is 121 Å². The Morgan fingerprint density at radius 3 is 2.95 bits per heavy atom. The van der Waals surface area contributed by atoms with Crippen LogP contribution in [0.15, 0.2) is 41.6 Å². The van der Waals surface area contributed by atoms with Crippen LogP contribution in [0.1, 0.15) is 12.0 Å². The van der Waals surface area contributed by atoms with E-state index in [0.29, 0.717) is 23.6 Å². The Morgan fingerprint density at radius 2 is 2.25 bits per heavy atom. The number of rotatable bonds is 6. The number of halogens is 1. The lowest BCUT2D eigenvalue weighted by Crippen LogP contribution is -2.26. The van der Waals surface area contributed by atoms with Crippen molar-refractivity contribution in [2.24, 2.45) is 0 Å². The van der Waals surface area contributed by atoms with Crippen LogP contribution in [0.25, 0.3) is 0 Å². The molecule has 1 N–H and O–H groups in total. The van der Waals surface area contributed by atoms with Crippen molar-refractivity contribution in [2.45, 2.75) is 17.9 Å². The number of amides is 1. The highest BCUT2D eigenvalue weighted by molar-refractivity contribution is 7.99. The summed E-state index contributed by atoms with van der Waals surface area (Å²) >= 11 is 1.36. The van der Waals surface area contributed by atoms with Gasteiger partial charge in [-0.05, 0) is 12.1 Å². The Morgan fingerprint density at radius 1 is 1.45 bits per heavy atom. The zero-order chi connectivity index (χ0) is 14.4. The molecule has 0 unspecified atom stereocenters. The van der Waals surface area contributed by atoms with E-state index in [0.717, 1.165) is 5.56 Å². The van der Waals surface area contributed by atoms with E-state index in [2.05, 4.69) is 10.2 Å². The molecule has 0 radical (unpaired) electrons. The first-order valence-corrected chi connectivity index (χ1v) is 7.24. The van der Waals surface area contributed by atoms with E-state index < -0.39 is 0 Å². The smallest absolute Gasteiger partial charge is 0.223 e. The Hall–Kier alpha value is -1.82. The van der Waals surface area contributed by atoms with Gasteiger partial charge in [-0.15, -0.1) is 11.8 Å². The van der Waals surface area contributed by atoms with Crippen molar-refractivity contribution in [3.63, 3.8) is 0 Å². The molecule has 0 spiro atoms. The lowest BCUT2D eigenvalue weighted by atomic mass is 10.3. The molecule has 0 aliphatic carbocycles. The van der Waals surface area contributed by atoms with Crippen molar-refractivity contribution >= 4 is 17.7 Å². The number of hydrogen-bond donors (Lipinski definition) is 1. The molecule has 6 heteroatoms. The van der Waals surface area contributed by atoms with Gasteiger partial charge in [0.2, 0.25) is 5.91 Å². The van der Waals surface area contributed by atoms with Crippen LogP contribution in [0.3, 0.4) is 0 Å². The Bertz CT molecular complexity index is 559. The van der Waals surface area contributed by atoms with Gasteiger partial charge in [-0.1, -0.05) is 12.1 Å². The molecule has 20 heavy (non-hydrogen) atoms. The van der Waals surface area contributed by atoms with Crippen LogP contribution in [0.2, 0.25) is 0 Å². The number of aromatic amines is 1. The van der Waals surface area contributed by atoms with Crippen molar-refractivity contribution in [2.75, 3.05) is 12.8 Å². The van der Waals surface area contributed by atoms with Gasteiger partial charge >= 0.3 is 0 Å². The van der Waals surface area contributed by atoms with E-state index in [9.17, 15) is 9.18 Å². The molecule has 1 aromatic carbocycles. The summed E-state index contributed by atoms with van der Waals surface area (Å²) < 4.78 is 13.4. The third kappa shape index (κ3) is 4.09. The molecule has 1 heterocycles. The molecule has 0 aliphatic heterocycles. The fraction of sp³-hybridized carbons (Fsp3) is 0.286. The molecule has 0 fully saturated rings. The van der Waals surface area contributed by atoms with Crippen molar-refractivity contribution in [3.8, 4) is 0 Å². The van der Waals surface area contributed by atoms with Crippen LogP contribution < -0.4 is 0 Å². The summed E-state index contributed by atoms with van der Waals surface area (Å²) in [5.41, 5.74) is 0.961. The van der Waals surface area contributed by atoms with Gasteiger partial charge in [-0.25, -0.2) is 4.39 Å². The molecule has 2 rings (SSSR count). The lowest BCUT2D eigenvalue weighted by Gasteiger charge is -2.15.